The Labute approximate surface area is 341 Å². The first-order valence-corrected chi connectivity index (χ1v) is 20.3. The number of methoxy groups -OCH3 is 2. The first kappa shape index (κ1) is 39.4. The smallest absolute Gasteiger partial charge is 0.407 e. The van der Waals surface area contributed by atoms with Crippen LogP contribution in [0, 0.1) is 11.8 Å². The van der Waals surface area contributed by atoms with Crippen molar-refractivity contribution in [1.29, 1.82) is 0 Å². The predicted octanol–water partition coefficient (Wildman–Crippen LogP) is 7.61. The molecule has 0 spiro atoms. The number of rotatable bonds is 10. The van der Waals surface area contributed by atoms with Gasteiger partial charge in [-0.05, 0) is 85.0 Å². The van der Waals surface area contributed by atoms with Crippen LogP contribution < -0.4 is 10.6 Å². The number of imidazole rings is 2. The van der Waals surface area contributed by atoms with Crippen molar-refractivity contribution in [3.63, 3.8) is 0 Å². The molecular formula is C44H50N8O7. The predicted molar refractivity (Wildman–Crippen MR) is 222 cm³/mol. The third kappa shape index (κ3) is 7.56. The lowest BCUT2D eigenvalue weighted by molar-refractivity contribution is -0.136. The number of likely N-dealkylation sites (tertiary alicyclic amines) is 2. The second-order valence-electron chi connectivity index (χ2n) is 16.2. The number of fused-ring (bicyclic) bond motifs is 4. The van der Waals surface area contributed by atoms with Crippen LogP contribution >= 0.6 is 0 Å². The molecule has 3 aromatic carbocycles. The minimum Gasteiger partial charge on any atom is -0.456 e. The minimum atomic E-state index is -0.704. The maximum Gasteiger partial charge on any atom is 0.407 e. The average molecular weight is 803 g/mol. The number of hydrogen-bond donors (Lipinski definition) is 4. The van der Waals surface area contributed by atoms with E-state index in [0.717, 1.165) is 86.9 Å². The topological polar surface area (TPSA) is 188 Å². The highest BCUT2D eigenvalue weighted by Crippen LogP contribution is 2.38. The molecule has 2 fully saturated rings. The summed E-state index contributed by atoms with van der Waals surface area (Å²) in [6, 6.07) is 16.5. The van der Waals surface area contributed by atoms with Crippen LogP contribution in [0.5, 0.6) is 0 Å². The Morgan fingerprint density at radius 3 is 1.81 bits per heavy atom. The summed E-state index contributed by atoms with van der Waals surface area (Å²) in [5, 5.41) is 7.40. The van der Waals surface area contributed by atoms with Gasteiger partial charge >= 0.3 is 12.2 Å². The number of alkyl carbamates (subject to hydrolysis) is 2. The maximum atomic E-state index is 13.7. The fraction of sp³-hybridized carbons (Fsp3) is 0.409. The Balaban J connectivity index is 1.01. The number of aromatic nitrogens is 4. The molecule has 0 saturated carbocycles. The fourth-order valence-electron chi connectivity index (χ4n) is 8.53. The summed E-state index contributed by atoms with van der Waals surface area (Å²) < 4.78 is 16.0. The molecule has 2 saturated heterocycles. The number of H-pyrrole nitrogens is 2. The number of carbonyl (C=O) groups is 4. The molecule has 15 nitrogen and oxygen atoms in total. The van der Waals surface area contributed by atoms with Gasteiger partial charge in [0.2, 0.25) is 11.8 Å². The van der Waals surface area contributed by atoms with Crippen LogP contribution in [-0.4, -0.2) is 93.1 Å². The Morgan fingerprint density at radius 2 is 1.24 bits per heavy atom. The molecule has 8 rings (SSSR count). The zero-order valence-electron chi connectivity index (χ0n) is 34.1. The van der Waals surface area contributed by atoms with E-state index in [4.69, 9.17) is 23.9 Å². The van der Waals surface area contributed by atoms with E-state index < -0.39 is 24.3 Å². The van der Waals surface area contributed by atoms with Crippen LogP contribution in [0.3, 0.4) is 0 Å². The summed E-state index contributed by atoms with van der Waals surface area (Å²) >= 11 is 0. The van der Waals surface area contributed by atoms with Crippen molar-refractivity contribution in [2.45, 2.75) is 77.5 Å². The third-order valence-corrected chi connectivity index (χ3v) is 11.7. The molecule has 5 heterocycles. The van der Waals surface area contributed by atoms with Crippen LogP contribution in [0.1, 0.15) is 77.1 Å². The molecule has 59 heavy (non-hydrogen) atoms. The number of amides is 4. The summed E-state index contributed by atoms with van der Waals surface area (Å²) in [5.74, 6) is 0.882. The van der Waals surface area contributed by atoms with Gasteiger partial charge < -0.3 is 44.3 Å². The average Bonchev–Trinajstić information content (AvgIpc) is 4.08. The molecule has 2 aliphatic rings. The van der Waals surface area contributed by atoms with E-state index in [1.807, 2.05) is 62.9 Å². The number of nitrogens with zero attached hydrogens (tertiary/aromatic N) is 4. The van der Waals surface area contributed by atoms with Gasteiger partial charge in [0.1, 0.15) is 34.9 Å². The summed E-state index contributed by atoms with van der Waals surface area (Å²) in [5.41, 5.74) is 6.85. The highest BCUT2D eigenvalue weighted by molar-refractivity contribution is 6.07. The molecule has 6 aromatic rings. The number of benzene rings is 3. The largest absolute Gasteiger partial charge is 0.456 e. The summed E-state index contributed by atoms with van der Waals surface area (Å²) in [6.07, 6.45) is 3.72. The lowest BCUT2D eigenvalue weighted by Gasteiger charge is -2.30. The Hall–Kier alpha value is -6.38. The van der Waals surface area contributed by atoms with Crippen molar-refractivity contribution in [1.82, 2.24) is 40.4 Å². The molecule has 3 aromatic heterocycles. The quantitative estimate of drug-likeness (QED) is 0.108. The molecule has 15 heteroatoms. The monoisotopic (exact) mass is 802 g/mol. The lowest BCUT2D eigenvalue weighted by Crippen LogP contribution is -2.51. The van der Waals surface area contributed by atoms with Crippen LogP contribution in [0.15, 0.2) is 65.2 Å². The summed E-state index contributed by atoms with van der Waals surface area (Å²) in [7, 11) is 2.58. The van der Waals surface area contributed by atoms with Crippen molar-refractivity contribution < 1.29 is 33.1 Å². The van der Waals surface area contributed by atoms with Gasteiger partial charge in [-0.1, -0.05) is 45.9 Å². The molecule has 4 amide bonds. The van der Waals surface area contributed by atoms with Gasteiger partial charge in [0.05, 0.1) is 49.2 Å². The standard InChI is InChI=1S/C44H50N8O7/c1-23(2)37(49-43(55)57-5)41(53)51-17-7-9-33(51)39-45-22-32(48-39)27-12-15-29-28-14-11-26(20-35(28)59-36(29)21-27)25-13-16-30-31(19-25)47-40(46-30)34-10-8-18-52(34)42(54)38(24(3)4)50-44(56)58-6/h11-16,19-24,33-34,37-38H,7-10,17-18H2,1-6H3,(H,45,48)(H,46,47)(H,49,55)(H,50,56)/t33-,34?,37-,38-/m0/s1. The van der Waals surface area contributed by atoms with E-state index in [2.05, 4.69) is 44.9 Å². The Morgan fingerprint density at radius 1 is 0.712 bits per heavy atom. The van der Waals surface area contributed by atoms with E-state index in [1.54, 1.807) is 11.1 Å². The number of ether oxygens (including phenoxy) is 2. The number of nitrogens with one attached hydrogen (secondary N) is 4. The van der Waals surface area contributed by atoms with Gasteiger partial charge in [-0.25, -0.2) is 19.6 Å². The van der Waals surface area contributed by atoms with Gasteiger partial charge in [0.15, 0.2) is 0 Å². The summed E-state index contributed by atoms with van der Waals surface area (Å²) in [4.78, 5) is 71.5. The molecule has 4 N–H and O–H groups in total. The molecule has 308 valence electrons. The van der Waals surface area contributed by atoms with Crippen molar-refractivity contribution >= 4 is 57.0 Å². The van der Waals surface area contributed by atoms with E-state index in [-0.39, 0.29) is 35.7 Å². The van der Waals surface area contributed by atoms with Crippen molar-refractivity contribution in [2.75, 3.05) is 27.3 Å². The van der Waals surface area contributed by atoms with E-state index >= 15 is 0 Å². The zero-order valence-corrected chi connectivity index (χ0v) is 34.1. The second-order valence-corrected chi connectivity index (χ2v) is 16.2. The molecule has 1 unspecified atom stereocenters. The maximum absolute atomic E-state index is 13.7. The lowest BCUT2D eigenvalue weighted by atomic mass is 10.0. The number of furan rings is 1. The van der Waals surface area contributed by atoms with Gasteiger partial charge in [0.25, 0.3) is 0 Å². The molecule has 0 radical (unpaired) electrons. The van der Waals surface area contributed by atoms with Crippen LogP contribution in [0.25, 0.3) is 55.4 Å². The Kier molecular flexibility index (Phi) is 10.8. The number of carbonyl (C=O) groups excluding carboxylic acids is 4. The summed E-state index contributed by atoms with van der Waals surface area (Å²) in [6.45, 7) is 8.76. The Bertz CT molecular complexity index is 2550. The third-order valence-electron chi connectivity index (χ3n) is 11.7. The van der Waals surface area contributed by atoms with Crippen molar-refractivity contribution in [3.8, 4) is 22.4 Å². The number of hydrogen-bond acceptors (Lipinski definition) is 9. The molecular weight excluding hydrogens is 753 g/mol. The molecule has 2 aliphatic heterocycles. The van der Waals surface area contributed by atoms with Gasteiger partial charge in [0, 0.05) is 29.4 Å². The van der Waals surface area contributed by atoms with Crippen LogP contribution in [-0.2, 0) is 19.1 Å². The SMILES string of the molecule is COC(=O)N[C@H](C(=O)N1CCCC1c1nc2ccc(-c3ccc4c(c3)oc3cc(-c5cnc([C@@H]6CCCN6C(=O)[C@@H](NC(=O)OC)C(C)C)[nH]5)ccc34)cc2[nH]1)C(C)C. The fourth-order valence-corrected chi connectivity index (χ4v) is 8.53. The highest BCUT2D eigenvalue weighted by atomic mass is 16.5. The molecule has 4 atom stereocenters. The van der Waals surface area contributed by atoms with E-state index in [0.29, 0.717) is 18.9 Å². The number of aromatic amines is 2. The first-order valence-electron chi connectivity index (χ1n) is 20.3. The molecule has 0 bridgehead atoms. The van der Waals surface area contributed by atoms with Crippen molar-refractivity contribution in [2.24, 2.45) is 11.8 Å². The normalized spacial score (nSPS) is 18.0. The van der Waals surface area contributed by atoms with Gasteiger partial charge in [-0.15, -0.1) is 0 Å². The van der Waals surface area contributed by atoms with Crippen molar-refractivity contribution in [3.05, 3.63) is 72.4 Å². The highest BCUT2D eigenvalue weighted by Gasteiger charge is 2.39. The first-order chi connectivity index (χ1) is 28.4. The molecule has 0 aliphatic carbocycles. The van der Waals surface area contributed by atoms with Crippen LogP contribution in [0.2, 0.25) is 0 Å². The van der Waals surface area contributed by atoms with Gasteiger partial charge in [-0.3, -0.25) is 9.59 Å². The van der Waals surface area contributed by atoms with E-state index in [9.17, 15) is 19.2 Å². The zero-order chi connectivity index (χ0) is 41.5. The van der Waals surface area contributed by atoms with Gasteiger partial charge in [-0.2, -0.15) is 0 Å². The van der Waals surface area contributed by atoms with E-state index in [1.165, 1.54) is 14.2 Å². The minimum absolute atomic E-state index is 0.117. The second kappa shape index (κ2) is 16.1. The van der Waals surface area contributed by atoms with Crippen LogP contribution in [0.4, 0.5) is 9.59 Å².